The van der Waals surface area contributed by atoms with E-state index in [0.29, 0.717) is 0 Å². The number of hydrogen-bond acceptors (Lipinski definition) is 4. The van der Waals surface area contributed by atoms with Crippen molar-refractivity contribution in [3.05, 3.63) is 228 Å². The van der Waals surface area contributed by atoms with E-state index in [1.54, 1.807) is 0 Å². The minimum absolute atomic E-state index is 0.929. The zero-order chi connectivity index (χ0) is 41.0. The Kier molecular flexibility index (Phi) is 9.06. The molecule has 1 aliphatic carbocycles. The Hall–Kier alpha value is -7.24. The third kappa shape index (κ3) is 6.39. The van der Waals surface area contributed by atoms with E-state index in [9.17, 15) is 0 Å². The Morgan fingerprint density at radius 1 is 0.355 bits per heavy atom. The van der Waals surface area contributed by atoms with Crippen LogP contribution in [0.3, 0.4) is 0 Å². The number of para-hydroxylation sites is 2. The first kappa shape index (κ1) is 36.6. The summed E-state index contributed by atoms with van der Waals surface area (Å²) in [5.74, 6) is 0. The van der Waals surface area contributed by atoms with Crippen molar-refractivity contribution in [1.29, 1.82) is 0 Å². The first-order chi connectivity index (χ1) is 30.7. The quantitative estimate of drug-likeness (QED) is 0.151. The molecule has 12 rings (SSSR count). The number of rotatable bonds is 8. The summed E-state index contributed by atoms with van der Waals surface area (Å²) in [6.45, 7) is 0. The number of anilines is 5. The molecular weight excluding hydrogens is 789 g/mol. The zero-order valence-electron chi connectivity index (χ0n) is 33.9. The zero-order valence-corrected chi connectivity index (χ0v) is 35.5. The number of aryl methyl sites for hydroxylation is 1. The monoisotopic (exact) mass is 828 g/mol. The molecule has 4 heteroatoms. The highest BCUT2D eigenvalue weighted by Crippen LogP contribution is 2.46. The van der Waals surface area contributed by atoms with E-state index < -0.39 is 0 Å². The van der Waals surface area contributed by atoms with Crippen molar-refractivity contribution >= 4 is 98.2 Å². The summed E-state index contributed by atoms with van der Waals surface area (Å²) >= 11 is 3.79. The maximum Gasteiger partial charge on any atom is 0.0468 e. The van der Waals surface area contributed by atoms with Crippen LogP contribution in [0.2, 0.25) is 0 Å². The number of fused-ring (bicyclic) bond motifs is 7. The second-order valence-electron chi connectivity index (χ2n) is 16.0. The normalized spacial score (nSPS) is 12.5. The number of thiophene rings is 2. The summed E-state index contributed by atoms with van der Waals surface area (Å²) in [7, 11) is 0. The maximum absolute atomic E-state index is 2.49. The number of benzene rings is 9. The molecule has 294 valence electrons. The van der Waals surface area contributed by atoms with Crippen LogP contribution in [0.4, 0.5) is 28.4 Å². The second-order valence-corrected chi connectivity index (χ2v) is 18.1. The van der Waals surface area contributed by atoms with Crippen LogP contribution in [0.25, 0.3) is 69.4 Å². The molecule has 0 amide bonds. The molecule has 0 bridgehead atoms. The first-order valence-corrected chi connectivity index (χ1v) is 22.9. The van der Waals surface area contributed by atoms with Crippen molar-refractivity contribution in [1.82, 2.24) is 0 Å². The Labute approximate surface area is 369 Å². The molecule has 0 saturated carbocycles. The van der Waals surface area contributed by atoms with Gasteiger partial charge in [0.15, 0.2) is 0 Å². The fourth-order valence-electron chi connectivity index (χ4n) is 9.44. The number of hydrogen-bond donors (Lipinski definition) is 0. The molecule has 1 aliphatic rings. The fraction of sp³-hybridized carbons (Fsp3) is 0.0345. The maximum atomic E-state index is 2.49. The smallest absolute Gasteiger partial charge is 0.0468 e. The third-order valence-electron chi connectivity index (χ3n) is 12.4. The Morgan fingerprint density at radius 3 is 1.65 bits per heavy atom. The van der Waals surface area contributed by atoms with Crippen LogP contribution in [-0.4, -0.2) is 0 Å². The average molecular weight is 829 g/mol. The summed E-state index contributed by atoms with van der Waals surface area (Å²) in [5.41, 5.74) is 13.5. The van der Waals surface area contributed by atoms with E-state index in [0.717, 1.165) is 35.6 Å². The number of allylic oxidation sites excluding steroid dienone is 1. The molecular formula is C58H40N2S2. The first-order valence-electron chi connectivity index (χ1n) is 21.3. The topological polar surface area (TPSA) is 6.48 Å². The van der Waals surface area contributed by atoms with Gasteiger partial charge in [-0.3, -0.25) is 0 Å². The van der Waals surface area contributed by atoms with Gasteiger partial charge < -0.3 is 9.80 Å². The molecule has 0 unspecified atom stereocenters. The van der Waals surface area contributed by atoms with Gasteiger partial charge in [-0.25, -0.2) is 0 Å². The van der Waals surface area contributed by atoms with Crippen LogP contribution in [-0.2, 0) is 6.42 Å². The SMILES string of the molecule is C1=C(N(c2ccc(-c3cccc4ccccc34)cc2)c2ccc(-c3cccc4c3sc3ccccc34)cc2)CCc2c1sc1ccc(N(c3ccccc3)c3ccccc3)cc21. The molecule has 0 spiro atoms. The molecule has 9 aromatic carbocycles. The minimum Gasteiger partial charge on any atom is -0.314 e. The summed E-state index contributed by atoms with van der Waals surface area (Å²) in [6.07, 6.45) is 4.36. The lowest BCUT2D eigenvalue weighted by Crippen LogP contribution is -2.18. The fourth-order valence-corrected chi connectivity index (χ4v) is 11.9. The van der Waals surface area contributed by atoms with Gasteiger partial charge in [-0.05, 0) is 136 Å². The predicted molar refractivity (Wildman–Crippen MR) is 269 cm³/mol. The van der Waals surface area contributed by atoms with Gasteiger partial charge in [-0.15, -0.1) is 22.7 Å². The van der Waals surface area contributed by atoms with Gasteiger partial charge in [0.05, 0.1) is 0 Å². The lowest BCUT2D eigenvalue weighted by molar-refractivity contribution is 0.906. The Balaban J connectivity index is 0.952. The molecule has 2 aromatic heterocycles. The van der Waals surface area contributed by atoms with Crippen LogP contribution in [0, 0.1) is 0 Å². The molecule has 2 heterocycles. The molecule has 0 fully saturated rings. The van der Waals surface area contributed by atoms with Crippen LogP contribution in [0.15, 0.2) is 218 Å². The highest BCUT2D eigenvalue weighted by Gasteiger charge is 2.24. The van der Waals surface area contributed by atoms with Crippen LogP contribution >= 0.6 is 22.7 Å². The van der Waals surface area contributed by atoms with Gasteiger partial charge in [0.25, 0.3) is 0 Å². The van der Waals surface area contributed by atoms with Gasteiger partial charge in [-0.1, -0.05) is 140 Å². The molecule has 62 heavy (non-hydrogen) atoms. The predicted octanol–water partition coefficient (Wildman–Crippen LogP) is 17.4. The molecule has 0 aliphatic heterocycles. The van der Waals surface area contributed by atoms with Crippen molar-refractivity contribution in [2.75, 3.05) is 9.80 Å². The van der Waals surface area contributed by atoms with Crippen molar-refractivity contribution < 1.29 is 0 Å². The van der Waals surface area contributed by atoms with Gasteiger partial charge >= 0.3 is 0 Å². The van der Waals surface area contributed by atoms with Crippen molar-refractivity contribution in [2.24, 2.45) is 0 Å². The molecule has 0 saturated heterocycles. The largest absolute Gasteiger partial charge is 0.314 e. The van der Waals surface area contributed by atoms with Gasteiger partial charge in [0, 0.05) is 63.9 Å². The molecule has 11 aromatic rings. The van der Waals surface area contributed by atoms with E-state index in [1.807, 2.05) is 22.7 Å². The van der Waals surface area contributed by atoms with E-state index in [1.165, 1.54) is 85.1 Å². The Morgan fingerprint density at radius 2 is 0.903 bits per heavy atom. The van der Waals surface area contributed by atoms with E-state index in [2.05, 4.69) is 228 Å². The molecule has 0 N–H and O–H groups in total. The van der Waals surface area contributed by atoms with Crippen molar-refractivity contribution in [3.63, 3.8) is 0 Å². The minimum atomic E-state index is 0.929. The number of nitrogens with zero attached hydrogens (tertiary/aromatic N) is 2. The van der Waals surface area contributed by atoms with Crippen LogP contribution in [0.1, 0.15) is 16.9 Å². The molecule has 2 nitrogen and oxygen atoms in total. The standard InChI is InChI=1S/C58H40N2S2/c1-3-15-42(16-4-1)59(43-17-5-2-6-18-43)46-34-36-56-54(37-46)52-35-33-47(38-57(52)61-56)60(44-29-25-40(26-30-44)49-21-11-14-39-13-7-8-19-48(39)49)45-31-27-41(28-32-45)50-22-12-23-53-51-20-9-10-24-55(51)62-58(50)53/h1-32,34,36-38H,33,35H2. The second kappa shape index (κ2) is 15.3. The highest BCUT2D eigenvalue weighted by atomic mass is 32.1. The molecule has 0 radical (unpaired) electrons. The lowest BCUT2D eigenvalue weighted by Gasteiger charge is -2.30. The van der Waals surface area contributed by atoms with Gasteiger partial charge in [-0.2, -0.15) is 0 Å². The van der Waals surface area contributed by atoms with E-state index in [-0.39, 0.29) is 0 Å². The highest BCUT2D eigenvalue weighted by molar-refractivity contribution is 7.26. The van der Waals surface area contributed by atoms with Crippen LogP contribution in [0.5, 0.6) is 0 Å². The lowest BCUT2D eigenvalue weighted by atomic mass is 9.96. The summed E-state index contributed by atoms with van der Waals surface area (Å²) in [5, 5.41) is 6.53. The third-order valence-corrected chi connectivity index (χ3v) is 14.8. The average Bonchev–Trinajstić information content (AvgIpc) is 3.91. The van der Waals surface area contributed by atoms with Gasteiger partial charge in [0.1, 0.15) is 0 Å². The van der Waals surface area contributed by atoms with Crippen molar-refractivity contribution in [2.45, 2.75) is 12.8 Å². The van der Waals surface area contributed by atoms with Gasteiger partial charge in [0.2, 0.25) is 0 Å². The van der Waals surface area contributed by atoms with E-state index >= 15 is 0 Å². The Bertz CT molecular complexity index is 3410. The summed E-state index contributed by atoms with van der Waals surface area (Å²) < 4.78 is 3.99. The van der Waals surface area contributed by atoms with Crippen molar-refractivity contribution in [3.8, 4) is 22.3 Å². The molecule has 0 atom stereocenters. The van der Waals surface area contributed by atoms with E-state index in [4.69, 9.17) is 0 Å². The summed E-state index contributed by atoms with van der Waals surface area (Å²) in [6, 6.07) is 77.6. The van der Waals surface area contributed by atoms with Crippen LogP contribution < -0.4 is 9.80 Å². The summed E-state index contributed by atoms with van der Waals surface area (Å²) in [4.78, 5) is 6.19.